The van der Waals surface area contributed by atoms with Crippen molar-refractivity contribution < 1.29 is 4.18 Å². The molecule has 0 saturated carbocycles. The third-order valence-corrected chi connectivity index (χ3v) is 1.19. The Morgan fingerprint density at radius 2 is 2.43 bits per heavy atom. The maximum absolute atomic E-state index is 4.87. The van der Waals surface area contributed by atoms with E-state index in [0.717, 1.165) is 5.75 Å². The Hall–Kier alpha value is -0.370. The van der Waals surface area contributed by atoms with Crippen molar-refractivity contribution >= 4 is 12.0 Å². The summed E-state index contributed by atoms with van der Waals surface area (Å²) in [4.78, 5) is 0. The molecule has 0 amide bonds. The molecule has 0 unspecified atom stereocenters. The molecule has 0 bridgehead atoms. The maximum atomic E-state index is 4.87. The second-order valence-electron chi connectivity index (χ2n) is 1.14. The summed E-state index contributed by atoms with van der Waals surface area (Å²) in [5, 5.41) is 0. The molecule has 2 heteroatoms. The fourth-order valence-electron chi connectivity index (χ4n) is 0.329. The summed E-state index contributed by atoms with van der Waals surface area (Å²) in [7, 11) is 0. The van der Waals surface area contributed by atoms with Gasteiger partial charge < -0.3 is 4.18 Å². The van der Waals surface area contributed by atoms with Crippen molar-refractivity contribution in [1.29, 1.82) is 0 Å². The van der Waals surface area contributed by atoms with E-state index in [1.54, 1.807) is 6.26 Å². The Balaban J connectivity index is 2.39. The minimum Gasteiger partial charge on any atom is -0.433 e. The smallest absolute Gasteiger partial charge is 0.101 e. The Morgan fingerprint density at radius 3 is 3.43 bits per heavy atom. The first kappa shape index (κ1) is 4.78. The van der Waals surface area contributed by atoms with Crippen LogP contribution in [0.3, 0.4) is 0 Å². The van der Waals surface area contributed by atoms with Crippen LogP contribution in [0.25, 0.3) is 0 Å². The van der Waals surface area contributed by atoms with Gasteiger partial charge in [-0.1, -0.05) is 12.2 Å². The molecule has 0 aromatic rings. The van der Waals surface area contributed by atoms with E-state index in [1.807, 2.05) is 18.2 Å². The third kappa shape index (κ3) is 1.69. The van der Waals surface area contributed by atoms with E-state index < -0.39 is 0 Å². The summed E-state index contributed by atoms with van der Waals surface area (Å²) < 4.78 is 4.87. The van der Waals surface area contributed by atoms with Crippen molar-refractivity contribution in [1.82, 2.24) is 0 Å². The van der Waals surface area contributed by atoms with E-state index >= 15 is 0 Å². The molecule has 0 saturated heterocycles. The number of hydrogen-bond acceptors (Lipinski definition) is 2. The van der Waals surface area contributed by atoms with Gasteiger partial charge in [-0.3, -0.25) is 0 Å². The summed E-state index contributed by atoms with van der Waals surface area (Å²) in [5.74, 6) is 0.951. The van der Waals surface area contributed by atoms with Crippen LogP contribution in [0.1, 0.15) is 0 Å². The van der Waals surface area contributed by atoms with Crippen LogP contribution in [0.4, 0.5) is 0 Å². The Labute approximate surface area is 47.3 Å². The van der Waals surface area contributed by atoms with E-state index in [0.29, 0.717) is 0 Å². The predicted octanol–water partition coefficient (Wildman–Crippen LogP) is 1.73. The molecule has 1 nitrogen and oxygen atoms in total. The minimum absolute atomic E-state index is 0.951. The molecule has 1 aliphatic rings. The molecule has 0 spiro atoms. The van der Waals surface area contributed by atoms with Crippen LogP contribution in [-0.2, 0) is 4.18 Å². The lowest BCUT2D eigenvalue weighted by molar-refractivity contribution is 0.569. The molecule has 38 valence electrons. The number of hydrogen-bond donors (Lipinski definition) is 0. The van der Waals surface area contributed by atoms with Crippen LogP contribution in [0.2, 0.25) is 0 Å². The van der Waals surface area contributed by atoms with Crippen molar-refractivity contribution in [2.75, 3.05) is 5.75 Å². The van der Waals surface area contributed by atoms with Crippen molar-refractivity contribution in [3.05, 3.63) is 24.5 Å². The summed E-state index contributed by atoms with van der Waals surface area (Å²) >= 11 is 1.44. The van der Waals surface area contributed by atoms with Gasteiger partial charge in [0, 0.05) is 0 Å². The number of allylic oxidation sites excluding steroid dienone is 2. The molecule has 0 fully saturated rings. The molecule has 0 aromatic carbocycles. The second-order valence-corrected chi connectivity index (χ2v) is 1.90. The molecule has 7 heavy (non-hydrogen) atoms. The lowest BCUT2D eigenvalue weighted by atomic mass is 10.5. The fourth-order valence-corrected chi connectivity index (χ4v) is 0.740. The summed E-state index contributed by atoms with van der Waals surface area (Å²) in [5.41, 5.74) is 0. The Bertz CT molecular complexity index is 84.3. The predicted molar refractivity (Wildman–Crippen MR) is 31.8 cm³/mol. The number of rotatable bonds is 0. The van der Waals surface area contributed by atoms with E-state index in [2.05, 4.69) is 0 Å². The van der Waals surface area contributed by atoms with Crippen LogP contribution in [0, 0.1) is 0 Å². The van der Waals surface area contributed by atoms with Crippen LogP contribution in [-0.4, -0.2) is 5.75 Å². The van der Waals surface area contributed by atoms with E-state index in [-0.39, 0.29) is 0 Å². The maximum Gasteiger partial charge on any atom is 0.101 e. The second kappa shape index (κ2) is 2.75. The van der Waals surface area contributed by atoms with E-state index in [1.165, 1.54) is 12.0 Å². The molecule has 0 N–H and O–H groups in total. The van der Waals surface area contributed by atoms with Gasteiger partial charge in [-0.2, -0.15) is 0 Å². The van der Waals surface area contributed by atoms with Crippen molar-refractivity contribution in [2.24, 2.45) is 0 Å². The Kier molecular flexibility index (Phi) is 1.88. The van der Waals surface area contributed by atoms with Crippen LogP contribution < -0.4 is 0 Å². The summed E-state index contributed by atoms with van der Waals surface area (Å²) in [6.45, 7) is 0. The first-order valence-corrected chi connectivity index (χ1v) is 3.01. The lowest BCUT2D eigenvalue weighted by Crippen LogP contribution is -1.64. The van der Waals surface area contributed by atoms with Crippen LogP contribution in [0.15, 0.2) is 24.5 Å². The monoisotopic (exact) mass is 114 g/mol. The van der Waals surface area contributed by atoms with Gasteiger partial charge >= 0.3 is 0 Å². The van der Waals surface area contributed by atoms with Gasteiger partial charge in [0.05, 0.1) is 17.8 Å². The normalized spacial score (nSPS) is 18.3. The average molecular weight is 114 g/mol. The van der Waals surface area contributed by atoms with Crippen molar-refractivity contribution in [3.8, 4) is 0 Å². The quantitative estimate of drug-likeness (QED) is 0.443. The van der Waals surface area contributed by atoms with Crippen molar-refractivity contribution in [2.45, 2.75) is 0 Å². The summed E-state index contributed by atoms with van der Waals surface area (Å²) in [6.07, 6.45) is 7.57. The standard InChI is InChI=1S/C5H6OS/c1-2-4-6-7-5-3-1/h1-4H,5H2. The van der Waals surface area contributed by atoms with Gasteiger partial charge in [0.15, 0.2) is 0 Å². The van der Waals surface area contributed by atoms with E-state index in [4.69, 9.17) is 4.18 Å². The van der Waals surface area contributed by atoms with Gasteiger partial charge in [-0.05, 0) is 6.08 Å². The molecule has 1 heterocycles. The van der Waals surface area contributed by atoms with Crippen molar-refractivity contribution in [3.63, 3.8) is 0 Å². The van der Waals surface area contributed by atoms with E-state index in [9.17, 15) is 0 Å². The highest BCUT2D eigenvalue weighted by Crippen LogP contribution is 2.05. The van der Waals surface area contributed by atoms with Crippen LogP contribution in [0.5, 0.6) is 0 Å². The largest absolute Gasteiger partial charge is 0.433 e. The SMILES string of the molecule is C1=CCSOC=C1. The first-order valence-electron chi connectivity index (χ1n) is 2.10. The molecule has 0 atom stereocenters. The molecular formula is C5H6OS. The van der Waals surface area contributed by atoms with Gasteiger partial charge in [0.2, 0.25) is 0 Å². The zero-order valence-corrected chi connectivity index (χ0v) is 4.65. The third-order valence-electron chi connectivity index (χ3n) is 0.614. The molecular weight excluding hydrogens is 108 g/mol. The zero-order valence-electron chi connectivity index (χ0n) is 3.83. The lowest BCUT2D eigenvalue weighted by Gasteiger charge is -1.86. The van der Waals surface area contributed by atoms with Gasteiger partial charge in [-0.25, -0.2) is 0 Å². The van der Waals surface area contributed by atoms with Gasteiger partial charge in [0.1, 0.15) is 6.26 Å². The molecule has 0 aliphatic carbocycles. The highest BCUT2D eigenvalue weighted by atomic mass is 32.2. The highest BCUT2D eigenvalue weighted by Gasteiger charge is 1.81. The van der Waals surface area contributed by atoms with Gasteiger partial charge in [0.25, 0.3) is 0 Å². The fraction of sp³-hybridized carbons (Fsp3) is 0.200. The minimum atomic E-state index is 0.951. The topological polar surface area (TPSA) is 9.23 Å². The van der Waals surface area contributed by atoms with Gasteiger partial charge in [-0.15, -0.1) is 0 Å². The molecule has 0 aromatic heterocycles. The zero-order chi connectivity index (χ0) is 4.95. The summed E-state index contributed by atoms with van der Waals surface area (Å²) in [6, 6.07) is 0. The molecule has 0 radical (unpaired) electrons. The molecule has 1 rings (SSSR count). The average Bonchev–Trinajstić information content (AvgIpc) is 1.90. The molecule has 1 aliphatic heterocycles. The van der Waals surface area contributed by atoms with Crippen LogP contribution >= 0.6 is 12.0 Å². The first-order chi connectivity index (χ1) is 3.50. The Morgan fingerprint density at radius 1 is 1.43 bits per heavy atom. The highest BCUT2D eigenvalue weighted by molar-refractivity contribution is 7.94.